The van der Waals surface area contributed by atoms with E-state index in [4.69, 9.17) is 0 Å². The van der Waals surface area contributed by atoms with E-state index in [2.05, 4.69) is 393 Å². The van der Waals surface area contributed by atoms with Gasteiger partial charge < -0.3 is 0 Å². The van der Waals surface area contributed by atoms with Crippen LogP contribution in [0.3, 0.4) is 0 Å². The molecule has 0 bridgehead atoms. The molecule has 0 radical (unpaired) electrons. The van der Waals surface area contributed by atoms with Gasteiger partial charge in [0.05, 0.1) is 0 Å². The maximum absolute atomic E-state index is 2.56. The van der Waals surface area contributed by atoms with Crippen LogP contribution in [-0.2, 0) is 0 Å². The minimum absolute atomic E-state index is 0. The first-order valence-corrected chi connectivity index (χ1v) is 105. The van der Waals surface area contributed by atoms with Crippen LogP contribution in [-0.4, -0.2) is 155 Å². The first kappa shape index (κ1) is 121. The monoisotopic (exact) mass is 1570 g/mol. The van der Waals surface area contributed by atoms with E-state index in [9.17, 15) is 0 Å². The molecular weight excluding hydrogens is 1350 g/mol. The molecule has 0 aromatic heterocycles. The van der Waals surface area contributed by atoms with Crippen molar-refractivity contribution >= 4 is 155 Å². The summed E-state index contributed by atoms with van der Waals surface area (Å²) >= 11 is 0. The van der Waals surface area contributed by atoms with Gasteiger partial charge in [0.2, 0.25) is 0 Å². The van der Waals surface area contributed by atoms with E-state index >= 15 is 0 Å². The van der Waals surface area contributed by atoms with E-state index in [1.54, 1.807) is 22.7 Å². The Morgan fingerprint density at radius 3 is 0.230 bits per heavy atom. The van der Waals surface area contributed by atoms with Gasteiger partial charge in [-0.15, -0.1) is 0 Å². The minimum atomic E-state index is -0.934. The first-order chi connectivity index (χ1) is 35.0. The van der Waals surface area contributed by atoms with Crippen LogP contribution in [0.2, 0.25) is 425 Å². The molecule has 0 N–H and O–H groups in total. The lowest BCUT2D eigenvalue weighted by molar-refractivity contribution is 1.34. The largest absolute Gasteiger partial charge is 0.0776 e. The smallest absolute Gasteiger partial charge is 0.0421 e. The van der Waals surface area contributed by atoms with Gasteiger partial charge in [0.15, 0.2) is 0 Å². The molecule has 0 nitrogen and oxygen atoms in total. The van der Waals surface area contributed by atoms with Crippen LogP contribution in [0.1, 0.15) is 23.4 Å². The van der Waals surface area contributed by atoms with Gasteiger partial charge in [0, 0.05) is 163 Å². The molecule has 0 fully saturated rings. The Morgan fingerprint density at radius 1 is 0.184 bits per heavy atom. The predicted octanol–water partition coefficient (Wildman–Crippen LogP) is 32.5. The zero-order valence-electron chi connectivity index (χ0n) is 73.6. The summed E-state index contributed by atoms with van der Waals surface area (Å²) in [7, 11) is -13.6. The van der Waals surface area contributed by atoms with Gasteiger partial charge in [-0.2, -0.15) is 0 Å². The van der Waals surface area contributed by atoms with E-state index < -0.39 is 137 Å². The lowest BCUT2D eigenvalue weighted by atomic mass is 11.6. The summed E-state index contributed by atoms with van der Waals surface area (Å²) in [6.07, 6.45) is 0. The summed E-state index contributed by atoms with van der Waals surface area (Å²) in [5.74, 6) is 0. The number of hydrogen-bond acceptors (Lipinski definition) is 0. The predicted molar refractivity (Wildman–Crippen MR) is 517 cm³/mol. The summed E-state index contributed by atoms with van der Waals surface area (Å²) in [5, 5.41) is 0. The average Bonchev–Trinajstić information content (AvgIpc) is 2.86. The highest BCUT2D eigenvalue weighted by Crippen LogP contribution is 2.41. The molecule has 0 unspecified atom stereocenters. The van der Waals surface area contributed by atoms with Crippen molar-refractivity contribution in [1.29, 1.82) is 0 Å². The van der Waals surface area contributed by atoms with Crippen molar-refractivity contribution < 1.29 is 8.56 Å². The lowest BCUT2D eigenvalue weighted by Gasteiger charge is -2.46. The summed E-state index contributed by atoms with van der Waals surface area (Å²) in [4.78, 5) is 2.29. The molecule has 0 aliphatic rings. The van der Waals surface area contributed by atoms with Crippen LogP contribution in [0.25, 0.3) is 0 Å². The van der Waals surface area contributed by atoms with Crippen molar-refractivity contribution in [3.05, 3.63) is 0 Å². The molecule has 0 amide bonds. The molecule has 0 aromatic rings. The normalized spacial score (nSPS) is 13.2. The van der Waals surface area contributed by atoms with Crippen LogP contribution in [0.5, 0.6) is 0 Å². The van der Waals surface area contributed by atoms with Gasteiger partial charge in [0.1, 0.15) is 0 Å². The molecule has 0 rings (SSSR count). The molecule has 0 saturated heterocycles. The maximum Gasteiger partial charge on any atom is 0.0421 e. The molecule has 19 heteroatoms. The van der Waals surface area contributed by atoms with Gasteiger partial charge >= 0.3 is 0 Å². The van der Waals surface area contributed by atoms with Crippen LogP contribution in [0, 0.1) is 0 Å². The molecule has 87 heavy (non-hydrogen) atoms. The molecule has 0 atom stereocenters. The zero-order chi connectivity index (χ0) is 73.6. The second-order valence-electron chi connectivity index (χ2n) is 48.7. The van der Waals surface area contributed by atoms with Crippen LogP contribution in [0.4, 0.5) is 0 Å². The lowest BCUT2D eigenvalue weighted by Crippen LogP contribution is -2.55. The highest BCUT2D eigenvalue weighted by atomic mass is 28.5. The van der Waals surface area contributed by atoms with Crippen LogP contribution in [0.15, 0.2) is 0 Å². The molecule has 0 spiro atoms. The Bertz CT molecular complexity index is 1240. The van der Waals surface area contributed by atoms with Crippen LogP contribution >= 0.6 is 0 Å². The fourth-order valence-electron chi connectivity index (χ4n) is 14.2. The molecule has 0 saturated carbocycles. The maximum atomic E-state index is 2.56. The molecule has 0 heterocycles. The van der Waals surface area contributed by atoms with E-state index in [1.807, 2.05) is 0 Å². The van der Waals surface area contributed by atoms with E-state index in [1.165, 1.54) is 0 Å². The van der Waals surface area contributed by atoms with Crippen molar-refractivity contribution in [2.75, 3.05) is 0 Å². The Labute approximate surface area is 598 Å². The van der Waals surface area contributed by atoms with Crippen molar-refractivity contribution in [2.24, 2.45) is 0 Å². The Kier molecular flexibility index (Phi) is 66.9. The fraction of sp³-hybridized carbons (Fsp3) is 1.00. The number of rotatable bonds is 14. The zero-order valence-corrected chi connectivity index (χ0v) is 92.9. The summed E-state index contributed by atoms with van der Waals surface area (Å²) < 4.78 is 0. The van der Waals surface area contributed by atoms with Crippen LogP contribution < -0.4 is 0 Å². The second kappa shape index (κ2) is 48.0. The Balaban J connectivity index is -0.0000000385. The number of hydrogen-bond donors (Lipinski definition) is 0. The minimum Gasteiger partial charge on any atom is -0.0776 e. The first-order valence-electron chi connectivity index (χ1n) is 35.0. The summed E-state index contributed by atoms with van der Waals surface area (Å²) in [6.45, 7) is 147. The third-order valence-electron chi connectivity index (χ3n) is 9.44. The van der Waals surface area contributed by atoms with E-state index in [0.29, 0.717) is 0 Å². The Morgan fingerprint density at radius 2 is 0.230 bits per heavy atom. The van der Waals surface area contributed by atoms with Gasteiger partial charge in [0.25, 0.3) is 0 Å². The molecular formula is C68H212Si19. The highest BCUT2D eigenvalue weighted by Gasteiger charge is 2.46. The van der Waals surface area contributed by atoms with Crippen molar-refractivity contribution in [3.8, 4) is 0 Å². The highest BCUT2D eigenvalue weighted by molar-refractivity contribution is 7.13. The summed E-state index contributed by atoms with van der Waals surface area (Å²) in [6, 6.07) is 0. The standard InChI is InChI=1S/2C10H28Si3.4C7H20Si2.3C4H12Si.2C3H10Si.2CH4.6H2/c2*1-11(2,3)10(12(4,5)6)13(7,8)9;4*1-8(2,3)7-9(4,5)6;3*1-5(2,3)4;2*1-4(2)3;;;;;;;;/h2*10H,1-9H3;4*7H2,1-6H3;3*1-4H3;2*4H,1-3H3;2*1H4;6*1H/i;;;;;;;;;;;;;4*1+1;;. The van der Waals surface area contributed by atoms with Crippen molar-refractivity contribution in [3.63, 3.8) is 0 Å². The Hall–Kier alpha value is 4.12. The average molecular weight is 1570 g/mol. The molecule has 560 valence electrons. The molecule has 0 aliphatic heterocycles. The van der Waals surface area contributed by atoms with Gasteiger partial charge in [-0.3, -0.25) is 0 Å². The van der Waals surface area contributed by atoms with Crippen molar-refractivity contribution in [1.82, 2.24) is 0 Å². The SMILES string of the molecule is C.C.C[SiH](C)C.C[SiH](C)C.C[Si](C)(C)C.C[Si](C)(C)C.C[Si](C)(C)C.C[Si](C)(C)C([Si](C)(C)C)[Si](C)(C)C.C[Si](C)(C)C([Si](C)(C)C)[Si](C)(C)C.C[Si](C)(C)C[Si](C)(C)C.C[Si](C)(C)C[Si](C)(C)C.C[Si](C)(C)C[Si](C)(C)C.C[Si](C)(C)C[Si](C)(C)C.[2HH].[2HH].[2HH].[2HH].[HH].[HH]. The molecule has 0 aliphatic carbocycles. The summed E-state index contributed by atoms with van der Waals surface area (Å²) in [5.41, 5.74) is 6.28. The fourth-order valence-corrected chi connectivity index (χ4v) is 127. The van der Waals surface area contributed by atoms with Gasteiger partial charge in [-0.1, -0.05) is 440 Å². The van der Waals surface area contributed by atoms with Gasteiger partial charge in [-0.05, 0) is 0 Å². The second-order valence-corrected chi connectivity index (χ2v) is 156. The quantitative estimate of drug-likeness (QED) is 0.152. The van der Waals surface area contributed by atoms with E-state index in [0.717, 1.165) is 9.58 Å². The molecule has 0 aromatic carbocycles. The van der Waals surface area contributed by atoms with Crippen molar-refractivity contribution in [2.45, 2.75) is 440 Å². The van der Waals surface area contributed by atoms with E-state index in [-0.39, 0.29) is 41.0 Å². The van der Waals surface area contributed by atoms with Gasteiger partial charge in [-0.25, -0.2) is 0 Å². The third kappa shape index (κ3) is 170. The topological polar surface area (TPSA) is 0 Å². The third-order valence-corrected chi connectivity index (χ3v) is 84.9.